The van der Waals surface area contributed by atoms with Crippen molar-refractivity contribution in [3.05, 3.63) is 5.82 Å². The van der Waals surface area contributed by atoms with Crippen LogP contribution < -0.4 is 10.2 Å². The fourth-order valence-electron chi connectivity index (χ4n) is 2.41. The lowest BCUT2D eigenvalue weighted by Crippen LogP contribution is -2.31. The molecule has 0 aliphatic carbocycles. The van der Waals surface area contributed by atoms with Crippen LogP contribution in [0.3, 0.4) is 0 Å². The SMILES string of the molecule is CCC(=O)N1CCC(Nc2nc(C(C)C)nc(N(C)C)n2)C1. The Morgan fingerprint density at radius 3 is 2.68 bits per heavy atom. The Bertz CT molecular complexity index is 505. The van der Waals surface area contributed by atoms with Gasteiger partial charge in [0, 0.05) is 45.6 Å². The fraction of sp³-hybridized carbons (Fsp3) is 0.733. The number of rotatable bonds is 5. The second-order valence-electron chi connectivity index (χ2n) is 6.19. The van der Waals surface area contributed by atoms with Crippen molar-refractivity contribution in [1.82, 2.24) is 19.9 Å². The van der Waals surface area contributed by atoms with E-state index in [0.29, 0.717) is 24.9 Å². The van der Waals surface area contributed by atoms with Crippen LogP contribution >= 0.6 is 0 Å². The molecule has 1 aliphatic rings. The van der Waals surface area contributed by atoms with Gasteiger partial charge >= 0.3 is 0 Å². The van der Waals surface area contributed by atoms with E-state index in [4.69, 9.17) is 0 Å². The first-order chi connectivity index (χ1) is 10.4. The van der Waals surface area contributed by atoms with Crippen molar-refractivity contribution in [2.24, 2.45) is 0 Å². The first-order valence-corrected chi connectivity index (χ1v) is 7.88. The average molecular weight is 306 g/mol. The van der Waals surface area contributed by atoms with E-state index in [2.05, 4.69) is 34.1 Å². The zero-order valence-electron chi connectivity index (χ0n) is 14.1. The lowest BCUT2D eigenvalue weighted by molar-refractivity contribution is -0.129. The van der Waals surface area contributed by atoms with Crippen LogP contribution in [0.1, 0.15) is 45.4 Å². The second kappa shape index (κ2) is 6.89. The molecule has 2 heterocycles. The van der Waals surface area contributed by atoms with Crippen LogP contribution in [0.25, 0.3) is 0 Å². The number of nitrogens with zero attached hydrogens (tertiary/aromatic N) is 5. The molecule has 1 fully saturated rings. The monoisotopic (exact) mass is 306 g/mol. The van der Waals surface area contributed by atoms with Crippen LogP contribution in [0.5, 0.6) is 0 Å². The Morgan fingerprint density at radius 2 is 2.09 bits per heavy atom. The van der Waals surface area contributed by atoms with E-state index in [-0.39, 0.29) is 17.9 Å². The summed E-state index contributed by atoms with van der Waals surface area (Å²) >= 11 is 0. The maximum absolute atomic E-state index is 11.7. The Morgan fingerprint density at radius 1 is 1.36 bits per heavy atom. The van der Waals surface area contributed by atoms with Gasteiger partial charge in [0.05, 0.1) is 0 Å². The van der Waals surface area contributed by atoms with E-state index in [0.717, 1.165) is 18.8 Å². The van der Waals surface area contributed by atoms with E-state index in [1.807, 2.05) is 30.8 Å². The molecule has 1 aromatic rings. The molecule has 0 bridgehead atoms. The minimum atomic E-state index is 0.202. The zero-order valence-corrected chi connectivity index (χ0v) is 14.1. The summed E-state index contributed by atoms with van der Waals surface area (Å²) in [5.41, 5.74) is 0. The molecule has 0 aromatic carbocycles. The minimum absolute atomic E-state index is 0.202. The van der Waals surface area contributed by atoms with E-state index in [1.54, 1.807) is 0 Å². The number of amides is 1. The predicted octanol–water partition coefficient (Wildman–Crippen LogP) is 1.48. The third kappa shape index (κ3) is 3.84. The number of hydrogen-bond donors (Lipinski definition) is 1. The summed E-state index contributed by atoms with van der Waals surface area (Å²) in [6.45, 7) is 7.54. The molecule has 0 saturated carbocycles. The highest BCUT2D eigenvalue weighted by Gasteiger charge is 2.26. The predicted molar refractivity (Wildman–Crippen MR) is 87.1 cm³/mol. The Kier molecular flexibility index (Phi) is 5.15. The maximum atomic E-state index is 11.7. The molecule has 1 amide bonds. The fourth-order valence-corrected chi connectivity index (χ4v) is 2.41. The molecule has 1 aliphatic heterocycles. The summed E-state index contributed by atoms with van der Waals surface area (Å²) in [6.07, 6.45) is 1.48. The van der Waals surface area contributed by atoms with Crippen molar-refractivity contribution in [2.75, 3.05) is 37.4 Å². The smallest absolute Gasteiger partial charge is 0.229 e. The molecule has 1 N–H and O–H groups in total. The van der Waals surface area contributed by atoms with Gasteiger partial charge in [0.25, 0.3) is 0 Å². The lowest BCUT2D eigenvalue weighted by Gasteiger charge is -2.18. The van der Waals surface area contributed by atoms with Gasteiger partial charge in [-0.05, 0) is 6.42 Å². The van der Waals surface area contributed by atoms with Crippen molar-refractivity contribution in [3.8, 4) is 0 Å². The molecule has 122 valence electrons. The van der Waals surface area contributed by atoms with Gasteiger partial charge in [-0.25, -0.2) is 0 Å². The molecular weight excluding hydrogens is 280 g/mol. The third-order valence-electron chi connectivity index (χ3n) is 3.73. The van der Waals surface area contributed by atoms with Crippen molar-refractivity contribution in [2.45, 2.75) is 45.6 Å². The van der Waals surface area contributed by atoms with Crippen LogP contribution in [0.15, 0.2) is 0 Å². The van der Waals surface area contributed by atoms with Gasteiger partial charge in [0.2, 0.25) is 17.8 Å². The highest BCUT2D eigenvalue weighted by atomic mass is 16.2. The van der Waals surface area contributed by atoms with Gasteiger partial charge in [0.1, 0.15) is 5.82 Å². The lowest BCUT2D eigenvalue weighted by atomic mass is 10.2. The molecule has 0 spiro atoms. The van der Waals surface area contributed by atoms with Crippen molar-refractivity contribution in [1.29, 1.82) is 0 Å². The number of carbonyl (C=O) groups excluding carboxylic acids is 1. The first kappa shape index (κ1) is 16.5. The van der Waals surface area contributed by atoms with Crippen molar-refractivity contribution >= 4 is 17.8 Å². The summed E-state index contributed by atoms with van der Waals surface area (Å²) < 4.78 is 0. The molecule has 1 aromatic heterocycles. The van der Waals surface area contributed by atoms with Crippen LogP contribution in [-0.4, -0.2) is 59.0 Å². The summed E-state index contributed by atoms with van der Waals surface area (Å²) in [5, 5.41) is 3.36. The second-order valence-corrected chi connectivity index (χ2v) is 6.19. The highest BCUT2D eigenvalue weighted by molar-refractivity contribution is 5.76. The van der Waals surface area contributed by atoms with Gasteiger partial charge in [-0.2, -0.15) is 15.0 Å². The van der Waals surface area contributed by atoms with E-state index in [9.17, 15) is 4.79 Å². The number of likely N-dealkylation sites (tertiary alicyclic amines) is 1. The normalized spacial score (nSPS) is 17.9. The highest BCUT2D eigenvalue weighted by Crippen LogP contribution is 2.18. The summed E-state index contributed by atoms with van der Waals surface area (Å²) in [4.78, 5) is 28.9. The number of hydrogen-bond acceptors (Lipinski definition) is 6. The Hall–Kier alpha value is -1.92. The molecule has 1 atom stereocenters. The molecule has 2 rings (SSSR count). The van der Waals surface area contributed by atoms with Crippen molar-refractivity contribution < 1.29 is 4.79 Å². The summed E-state index contributed by atoms with van der Waals surface area (Å²) in [6, 6.07) is 0.202. The molecule has 7 nitrogen and oxygen atoms in total. The average Bonchev–Trinajstić information content (AvgIpc) is 2.94. The van der Waals surface area contributed by atoms with Crippen LogP contribution in [-0.2, 0) is 4.79 Å². The molecule has 1 unspecified atom stereocenters. The number of aromatic nitrogens is 3. The van der Waals surface area contributed by atoms with E-state index in [1.165, 1.54) is 0 Å². The van der Waals surface area contributed by atoms with Gasteiger partial charge in [0.15, 0.2) is 0 Å². The van der Waals surface area contributed by atoms with Crippen LogP contribution in [0.4, 0.5) is 11.9 Å². The minimum Gasteiger partial charge on any atom is -0.349 e. The van der Waals surface area contributed by atoms with E-state index >= 15 is 0 Å². The number of carbonyl (C=O) groups is 1. The van der Waals surface area contributed by atoms with Crippen molar-refractivity contribution in [3.63, 3.8) is 0 Å². The van der Waals surface area contributed by atoms with Gasteiger partial charge < -0.3 is 15.1 Å². The molecular formula is C15H26N6O. The third-order valence-corrected chi connectivity index (χ3v) is 3.73. The van der Waals surface area contributed by atoms with E-state index < -0.39 is 0 Å². The first-order valence-electron chi connectivity index (χ1n) is 7.88. The van der Waals surface area contributed by atoms with Gasteiger partial charge in [-0.1, -0.05) is 20.8 Å². The largest absolute Gasteiger partial charge is 0.349 e. The molecule has 1 saturated heterocycles. The van der Waals surface area contributed by atoms with Crippen LogP contribution in [0.2, 0.25) is 0 Å². The Labute approximate surface area is 132 Å². The maximum Gasteiger partial charge on any atom is 0.229 e. The van der Waals surface area contributed by atoms with Gasteiger partial charge in [-0.3, -0.25) is 4.79 Å². The number of nitrogens with one attached hydrogen (secondary N) is 1. The standard InChI is InChI=1S/C15H26N6O/c1-6-12(22)21-8-7-11(9-21)16-14-17-13(10(2)3)18-15(19-14)20(4)5/h10-11H,6-9H2,1-5H3,(H,16,17,18,19). The molecule has 7 heteroatoms. The van der Waals surface area contributed by atoms with Crippen LogP contribution in [0, 0.1) is 0 Å². The number of anilines is 2. The molecule has 22 heavy (non-hydrogen) atoms. The zero-order chi connectivity index (χ0) is 16.3. The molecule has 0 radical (unpaired) electrons. The van der Waals surface area contributed by atoms with Gasteiger partial charge in [-0.15, -0.1) is 0 Å². The summed E-state index contributed by atoms with van der Waals surface area (Å²) in [5.74, 6) is 2.47. The Balaban J connectivity index is 2.11. The summed E-state index contributed by atoms with van der Waals surface area (Å²) in [7, 11) is 3.83. The quantitative estimate of drug-likeness (QED) is 0.888. The topological polar surface area (TPSA) is 74.2 Å².